The number of halogens is 1. The average molecular weight is 532 g/mol. The molecule has 2 N–H and O–H groups in total. The molecule has 0 aliphatic carbocycles. The van der Waals surface area contributed by atoms with E-state index in [2.05, 4.69) is 0 Å². The fourth-order valence-corrected chi connectivity index (χ4v) is 5.48. The van der Waals surface area contributed by atoms with Gasteiger partial charge in [0.1, 0.15) is 17.3 Å². The van der Waals surface area contributed by atoms with Gasteiger partial charge >= 0.3 is 0 Å². The minimum atomic E-state index is -0.878. The molecule has 3 aromatic carbocycles. The van der Waals surface area contributed by atoms with Crippen LogP contribution in [0, 0.1) is 30.0 Å². The first-order valence-corrected chi connectivity index (χ1v) is 13.0. The maximum absolute atomic E-state index is 14.8. The molecule has 39 heavy (non-hydrogen) atoms. The number of nitrogens with zero attached hydrogens (tertiary/aromatic N) is 1. The molecule has 1 amide bonds. The molecule has 1 aliphatic rings. The second-order valence-corrected chi connectivity index (χ2v) is 11.6. The molecule has 1 aliphatic heterocycles. The molecule has 3 aromatic rings. The van der Waals surface area contributed by atoms with Crippen molar-refractivity contribution < 1.29 is 29.0 Å². The lowest BCUT2D eigenvalue weighted by atomic mass is 9.67. The van der Waals surface area contributed by atoms with Crippen molar-refractivity contribution in [2.45, 2.75) is 40.0 Å². The molecule has 1 fully saturated rings. The minimum absolute atomic E-state index is 0.0494. The number of phenolic OH excluding ortho intramolecular Hbond substituents is 2. The first-order chi connectivity index (χ1) is 18.4. The van der Waals surface area contributed by atoms with Crippen molar-refractivity contribution in [2.75, 3.05) is 13.1 Å². The lowest BCUT2D eigenvalue weighted by molar-refractivity contribution is -0.135. The Labute approximate surface area is 228 Å². The van der Waals surface area contributed by atoms with Crippen molar-refractivity contribution in [3.63, 3.8) is 0 Å². The molecule has 2 unspecified atom stereocenters. The van der Waals surface area contributed by atoms with Crippen LogP contribution in [0.1, 0.15) is 65.0 Å². The Morgan fingerprint density at radius 2 is 1.33 bits per heavy atom. The van der Waals surface area contributed by atoms with Gasteiger partial charge in [-0.3, -0.25) is 14.4 Å². The molecule has 6 nitrogen and oxygen atoms in total. The standard InChI is InChI=1S/C32H34FNO5/c1-19-24(12-7-13-27(19)33)29-25(30(38)20-8-5-10-22(35)14-20)17-34(28(37)16-32(2,3)4)18-26(29)31(39)21-9-6-11-23(36)15-21/h5-15,25-26,29,35-36H,16-18H2,1-4H3. The van der Waals surface area contributed by atoms with E-state index in [1.54, 1.807) is 48.2 Å². The van der Waals surface area contributed by atoms with Crippen LogP contribution in [0.15, 0.2) is 66.7 Å². The highest BCUT2D eigenvalue weighted by molar-refractivity contribution is 6.03. The Morgan fingerprint density at radius 1 is 0.846 bits per heavy atom. The zero-order valence-corrected chi connectivity index (χ0v) is 22.6. The van der Waals surface area contributed by atoms with Gasteiger partial charge in [0.25, 0.3) is 0 Å². The molecular formula is C32H34FNO5. The van der Waals surface area contributed by atoms with Gasteiger partial charge in [0, 0.05) is 48.4 Å². The van der Waals surface area contributed by atoms with Gasteiger partial charge in [-0.25, -0.2) is 4.39 Å². The van der Waals surface area contributed by atoms with Gasteiger partial charge in [-0.1, -0.05) is 57.2 Å². The highest BCUT2D eigenvalue weighted by Crippen LogP contribution is 2.43. The second-order valence-electron chi connectivity index (χ2n) is 11.6. The number of hydrogen-bond donors (Lipinski definition) is 2. The minimum Gasteiger partial charge on any atom is -0.508 e. The van der Waals surface area contributed by atoms with E-state index in [0.717, 1.165) is 0 Å². The van der Waals surface area contributed by atoms with Gasteiger partial charge in [0.05, 0.1) is 0 Å². The summed E-state index contributed by atoms with van der Waals surface area (Å²) in [5.41, 5.74) is 1.03. The van der Waals surface area contributed by atoms with Crippen LogP contribution in [0.3, 0.4) is 0 Å². The number of hydrogen-bond acceptors (Lipinski definition) is 5. The van der Waals surface area contributed by atoms with E-state index in [4.69, 9.17) is 0 Å². The van der Waals surface area contributed by atoms with Crippen LogP contribution >= 0.6 is 0 Å². The van der Waals surface area contributed by atoms with Crippen molar-refractivity contribution in [1.29, 1.82) is 0 Å². The molecule has 0 bridgehead atoms. The third-order valence-electron chi connectivity index (χ3n) is 7.34. The molecule has 7 heteroatoms. The quantitative estimate of drug-likeness (QED) is 0.386. The molecule has 0 spiro atoms. The summed E-state index contributed by atoms with van der Waals surface area (Å²) in [6, 6.07) is 16.5. The van der Waals surface area contributed by atoms with Crippen LogP contribution in [0.4, 0.5) is 4.39 Å². The molecule has 0 aromatic heterocycles. The number of aromatic hydroxyl groups is 2. The number of benzene rings is 3. The number of rotatable bonds is 6. The summed E-state index contributed by atoms with van der Waals surface area (Å²) in [7, 11) is 0. The van der Waals surface area contributed by atoms with Crippen LogP contribution in [-0.2, 0) is 4.79 Å². The van der Waals surface area contributed by atoms with E-state index in [1.165, 1.54) is 30.3 Å². The lowest BCUT2D eigenvalue weighted by Gasteiger charge is -2.44. The third kappa shape index (κ3) is 6.19. The summed E-state index contributed by atoms with van der Waals surface area (Å²) >= 11 is 0. The van der Waals surface area contributed by atoms with Gasteiger partial charge in [-0.15, -0.1) is 0 Å². The summed E-state index contributed by atoms with van der Waals surface area (Å²) < 4.78 is 14.8. The zero-order chi connectivity index (χ0) is 28.5. The Bertz CT molecular complexity index is 1340. The maximum atomic E-state index is 14.8. The normalized spacial score (nSPS) is 19.5. The number of likely N-dealkylation sites (tertiary alicyclic amines) is 1. The van der Waals surface area contributed by atoms with E-state index < -0.39 is 23.6 Å². The maximum Gasteiger partial charge on any atom is 0.223 e. The summed E-state index contributed by atoms with van der Waals surface area (Å²) in [5, 5.41) is 20.1. The van der Waals surface area contributed by atoms with Crippen LogP contribution in [0.2, 0.25) is 0 Å². The highest BCUT2D eigenvalue weighted by Gasteiger charge is 2.47. The SMILES string of the molecule is Cc1c(F)cccc1C1C(C(=O)c2cccc(O)c2)CN(C(=O)CC(C)(C)C)CC1C(=O)c1cccc(O)c1. The number of ketones is 2. The fraction of sp³-hybridized carbons (Fsp3) is 0.344. The Morgan fingerprint density at radius 3 is 1.79 bits per heavy atom. The molecule has 0 radical (unpaired) electrons. The van der Waals surface area contributed by atoms with Gasteiger partial charge < -0.3 is 15.1 Å². The topological polar surface area (TPSA) is 94.9 Å². The summed E-state index contributed by atoms with van der Waals surface area (Å²) in [4.78, 5) is 43.1. The highest BCUT2D eigenvalue weighted by atomic mass is 19.1. The number of Topliss-reactive ketones (excluding diaryl/α,β-unsaturated/α-hetero) is 2. The third-order valence-corrected chi connectivity index (χ3v) is 7.34. The Balaban J connectivity index is 1.89. The van der Waals surface area contributed by atoms with Crippen LogP contribution in [0.5, 0.6) is 11.5 Å². The van der Waals surface area contributed by atoms with Gasteiger partial charge in [0.2, 0.25) is 5.91 Å². The molecule has 4 rings (SSSR count). The summed E-state index contributed by atoms with van der Waals surface area (Å²) in [6.45, 7) is 7.55. The number of carbonyl (C=O) groups excluding carboxylic acids is 3. The largest absolute Gasteiger partial charge is 0.508 e. The van der Waals surface area contributed by atoms with Crippen molar-refractivity contribution >= 4 is 17.5 Å². The molecule has 204 valence electrons. The molecule has 1 saturated heterocycles. The molecule has 0 saturated carbocycles. The van der Waals surface area contributed by atoms with Crippen molar-refractivity contribution in [2.24, 2.45) is 17.3 Å². The van der Waals surface area contributed by atoms with Crippen molar-refractivity contribution in [3.05, 3.63) is 94.8 Å². The first-order valence-electron chi connectivity index (χ1n) is 13.0. The zero-order valence-electron chi connectivity index (χ0n) is 22.6. The Hall–Kier alpha value is -4.00. The second kappa shape index (κ2) is 11.0. The van der Waals surface area contributed by atoms with Crippen LogP contribution < -0.4 is 0 Å². The smallest absolute Gasteiger partial charge is 0.223 e. The number of carbonyl (C=O) groups is 3. The first kappa shape index (κ1) is 28.0. The fourth-order valence-electron chi connectivity index (χ4n) is 5.48. The van der Waals surface area contributed by atoms with E-state index >= 15 is 0 Å². The Kier molecular flexibility index (Phi) is 7.91. The van der Waals surface area contributed by atoms with Crippen molar-refractivity contribution in [3.8, 4) is 11.5 Å². The average Bonchev–Trinajstić information content (AvgIpc) is 2.88. The number of phenols is 2. The number of piperidine rings is 1. The van der Waals surface area contributed by atoms with Gasteiger partial charge in [0.15, 0.2) is 11.6 Å². The monoisotopic (exact) mass is 531 g/mol. The van der Waals surface area contributed by atoms with E-state index in [-0.39, 0.29) is 65.0 Å². The van der Waals surface area contributed by atoms with E-state index in [9.17, 15) is 29.0 Å². The van der Waals surface area contributed by atoms with Crippen LogP contribution in [0.25, 0.3) is 0 Å². The molecule has 1 heterocycles. The predicted molar refractivity (Wildman–Crippen MR) is 146 cm³/mol. The summed E-state index contributed by atoms with van der Waals surface area (Å²) in [5.74, 6) is -3.99. The predicted octanol–water partition coefficient (Wildman–Crippen LogP) is 5.91. The van der Waals surface area contributed by atoms with Gasteiger partial charge in [-0.05, 0) is 53.8 Å². The molecular weight excluding hydrogens is 497 g/mol. The van der Waals surface area contributed by atoms with Crippen molar-refractivity contribution in [1.82, 2.24) is 4.90 Å². The van der Waals surface area contributed by atoms with Crippen LogP contribution in [-0.4, -0.2) is 45.7 Å². The van der Waals surface area contributed by atoms with E-state index in [1.807, 2.05) is 20.8 Å². The van der Waals surface area contributed by atoms with Gasteiger partial charge in [-0.2, -0.15) is 0 Å². The number of amides is 1. The molecule has 2 atom stereocenters. The summed E-state index contributed by atoms with van der Waals surface area (Å²) in [6.07, 6.45) is 0.219. The lowest BCUT2D eigenvalue weighted by Crippen LogP contribution is -2.53. The van der Waals surface area contributed by atoms with E-state index in [0.29, 0.717) is 11.1 Å².